The van der Waals surface area contributed by atoms with Crippen LogP contribution in [0.25, 0.3) is 0 Å². The molecule has 132 valence electrons. The predicted molar refractivity (Wildman–Crippen MR) is 88.9 cm³/mol. The largest absolute Gasteiger partial charge is 0.416 e. The van der Waals surface area contributed by atoms with E-state index in [1.165, 1.54) is 57.2 Å². The van der Waals surface area contributed by atoms with Gasteiger partial charge < -0.3 is 0 Å². The van der Waals surface area contributed by atoms with Crippen molar-refractivity contribution in [2.45, 2.75) is 76.0 Å². The van der Waals surface area contributed by atoms with Gasteiger partial charge in [-0.3, -0.25) is 4.90 Å². The van der Waals surface area contributed by atoms with Crippen molar-refractivity contribution in [3.05, 3.63) is 35.4 Å². The molecule has 0 radical (unpaired) electrons. The monoisotopic (exact) mass is 337 g/mol. The maximum absolute atomic E-state index is 12.7. The summed E-state index contributed by atoms with van der Waals surface area (Å²) in [6.45, 7) is 3.52. The van der Waals surface area contributed by atoms with Gasteiger partial charge in [-0.05, 0) is 68.2 Å². The number of likely N-dealkylation sites (tertiary alicyclic amines) is 1. The van der Waals surface area contributed by atoms with Crippen molar-refractivity contribution < 1.29 is 13.2 Å². The molecule has 3 fully saturated rings. The molecule has 3 unspecified atom stereocenters. The van der Waals surface area contributed by atoms with Gasteiger partial charge in [-0.15, -0.1) is 0 Å². The van der Waals surface area contributed by atoms with Gasteiger partial charge in [0.15, 0.2) is 0 Å². The minimum Gasteiger partial charge on any atom is -0.297 e. The van der Waals surface area contributed by atoms with E-state index in [-0.39, 0.29) is 0 Å². The van der Waals surface area contributed by atoms with Gasteiger partial charge in [-0.2, -0.15) is 13.2 Å². The Morgan fingerprint density at radius 3 is 2.33 bits per heavy atom. The summed E-state index contributed by atoms with van der Waals surface area (Å²) in [7, 11) is 0. The lowest BCUT2D eigenvalue weighted by Crippen LogP contribution is -2.41. The molecule has 1 nitrogen and oxygen atoms in total. The van der Waals surface area contributed by atoms with Gasteiger partial charge in [0.25, 0.3) is 0 Å². The highest BCUT2D eigenvalue weighted by Gasteiger charge is 2.62. The Kier molecular flexibility index (Phi) is 3.94. The molecule has 2 saturated carbocycles. The number of alkyl halides is 3. The van der Waals surface area contributed by atoms with Gasteiger partial charge in [-0.25, -0.2) is 0 Å². The van der Waals surface area contributed by atoms with Crippen LogP contribution in [0.4, 0.5) is 13.2 Å². The lowest BCUT2D eigenvalue weighted by atomic mass is 9.90. The van der Waals surface area contributed by atoms with Crippen LogP contribution in [0.15, 0.2) is 24.3 Å². The Bertz CT molecular complexity index is 588. The van der Waals surface area contributed by atoms with Crippen LogP contribution in [0.2, 0.25) is 0 Å². The number of halogens is 3. The van der Waals surface area contributed by atoms with E-state index in [0.717, 1.165) is 18.0 Å². The zero-order valence-electron chi connectivity index (χ0n) is 14.3. The van der Waals surface area contributed by atoms with E-state index in [1.54, 1.807) is 12.1 Å². The van der Waals surface area contributed by atoms with Crippen molar-refractivity contribution in [1.82, 2.24) is 4.90 Å². The van der Waals surface area contributed by atoms with Crippen molar-refractivity contribution in [3.63, 3.8) is 0 Å². The lowest BCUT2D eigenvalue weighted by Gasteiger charge is -2.35. The van der Waals surface area contributed by atoms with E-state index in [0.29, 0.717) is 17.4 Å². The standard InChI is InChI=1S/C20H26F3N/c1-14-19(11-12-24(14)17-5-3-2-4-6-17)13-18(19)15-7-9-16(10-8-15)20(21,22)23/h7-10,14,17-18H,2-6,11-13H2,1H3. The first-order valence-corrected chi connectivity index (χ1v) is 9.35. The molecule has 1 aromatic carbocycles. The molecule has 0 N–H and O–H groups in total. The van der Waals surface area contributed by atoms with Crippen LogP contribution in [0.1, 0.15) is 68.9 Å². The molecule has 3 atom stereocenters. The van der Waals surface area contributed by atoms with E-state index in [1.807, 2.05) is 0 Å². The van der Waals surface area contributed by atoms with Crippen molar-refractivity contribution >= 4 is 0 Å². The smallest absolute Gasteiger partial charge is 0.297 e. The first kappa shape index (κ1) is 16.4. The average Bonchev–Trinajstić information content (AvgIpc) is 3.22. The fourth-order valence-electron chi connectivity index (χ4n) is 5.39. The molecule has 4 heteroatoms. The van der Waals surface area contributed by atoms with Crippen LogP contribution in [-0.2, 0) is 6.18 Å². The summed E-state index contributed by atoms with van der Waals surface area (Å²) in [5, 5.41) is 0. The third-order valence-corrected chi connectivity index (χ3v) is 6.97. The highest BCUT2D eigenvalue weighted by molar-refractivity contribution is 5.35. The second-order valence-corrected chi connectivity index (χ2v) is 8.07. The molecule has 1 saturated heterocycles. The Hall–Kier alpha value is -1.03. The zero-order valence-corrected chi connectivity index (χ0v) is 14.3. The summed E-state index contributed by atoms with van der Waals surface area (Å²) in [5.41, 5.74) is 0.876. The number of nitrogens with zero attached hydrogens (tertiary/aromatic N) is 1. The maximum atomic E-state index is 12.7. The van der Waals surface area contributed by atoms with E-state index in [2.05, 4.69) is 11.8 Å². The second kappa shape index (κ2) is 5.76. The Morgan fingerprint density at radius 1 is 1.04 bits per heavy atom. The summed E-state index contributed by atoms with van der Waals surface area (Å²) in [4.78, 5) is 2.71. The Labute approximate surface area is 142 Å². The zero-order chi connectivity index (χ0) is 16.9. The lowest BCUT2D eigenvalue weighted by molar-refractivity contribution is -0.137. The summed E-state index contributed by atoms with van der Waals surface area (Å²) < 4.78 is 38.2. The molecule has 0 aromatic heterocycles. The molecular formula is C20H26F3N. The van der Waals surface area contributed by atoms with Crippen LogP contribution in [-0.4, -0.2) is 23.5 Å². The molecule has 1 spiro atoms. The van der Waals surface area contributed by atoms with Crippen LogP contribution >= 0.6 is 0 Å². The minimum atomic E-state index is -4.24. The number of hydrogen-bond acceptors (Lipinski definition) is 1. The van der Waals surface area contributed by atoms with Crippen molar-refractivity contribution in [2.24, 2.45) is 5.41 Å². The van der Waals surface area contributed by atoms with E-state index in [9.17, 15) is 13.2 Å². The van der Waals surface area contributed by atoms with E-state index in [4.69, 9.17) is 0 Å². The number of hydrogen-bond donors (Lipinski definition) is 0. The van der Waals surface area contributed by atoms with E-state index >= 15 is 0 Å². The molecule has 4 rings (SSSR count). The first-order chi connectivity index (χ1) is 11.4. The van der Waals surface area contributed by atoms with Crippen LogP contribution in [0, 0.1) is 5.41 Å². The van der Waals surface area contributed by atoms with Gasteiger partial charge in [-0.1, -0.05) is 31.4 Å². The molecule has 1 aromatic rings. The normalized spacial score (nSPS) is 34.8. The summed E-state index contributed by atoms with van der Waals surface area (Å²) in [5.74, 6) is 0.448. The van der Waals surface area contributed by atoms with Crippen molar-refractivity contribution in [3.8, 4) is 0 Å². The molecule has 0 bridgehead atoms. The molecule has 1 aliphatic heterocycles. The van der Waals surface area contributed by atoms with Gasteiger partial charge in [0, 0.05) is 12.1 Å². The summed E-state index contributed by atoms with van der Waals surface area (Å²) >= 11 is 0. The summed E-state index contributed by atoms with van der Waals surface area (Å²) in [6.07, 6.45) is 4.83. The Balaban J connectivity index is 1.47. The quantitative estimate of drug-likeness (QED) is 0.678. The number of rotatable bonds is 2. The van der Waals surface area contributed by atoms with Crippen LogP contribution < -0.4 is 0 Å². The molecule has 0 amide bonds. The molecule has 3 aliphatic rings. The highest BCUT2D eigenvalue weighted by atomic mass is 19.4. The molecule has 2 aliphatic carbocycles. The fraction of sp³-hybridized carbons (Fsp3) is 0.700. The van der Waals surface area contributed by atoms with Crippen LogP contribution in [0.3, 0.4) is 0 Å². The predicted octanol–water partition coefficient (Wildman–Crippen LogP) is 5.61. The van der Waals surface area contributed by atoms with E-state index < -0.39 is 11.7 Å². The minimum absolute atomic E-state index is 0.317. The fourth-order valence-corrected chi connectivity index (χ4v) is 5.39. The van der Waals surface area contributed by atoms with Gasteiger partial charge in [0.05, 0.1) is 5.56 Å². The third kappa shape index (κ3) is 2.67. The van der Waals surface area contributed by atoms with Gasteiger partial charge in [0.2, 0.25) is 0 Å². The highest BCUT2D eigenvalue weighted by Crippen LogP contribution is 2.67. The SMILES string of the molecule is CC1N(C2CCCCC2)CCC12CC2c1ccc(C(F)(F)F)cc1. The second-order valence-electron chi connectivity index (χ2n) is 8.07. The third-order valence-electron chi connectivity index (χ3n) is 6.97. The van der Waals surface area contributed by atoms with Crippen LogP contribution in [0.5, 0.6) is 0 Å². The maximum Gasteiger partial charge on any atom is 0.416 e. The summed E-state index contributed by atoms with van der Waals surface area (Å²) in [6, 6.07) is 7.21. The number of benzene rings is 1. The van der Waals surface area contributed by atoms with Crippen molar-refractivity contribution in [2.75, 3.05) is 6.54 Å². The molecule has 24 heavy (non-hydrogen) atoms. The molecular weight excluding hydrogens is 311 g/mol. The average molecular weight is 337 g/mol. The van der Waals surface area contributed by atoms with Gasteiger partial charge >= 0.3 is 6.18 Å². The van der Waals surface area contributed by atoms with Crippen molar-refractivity contribution in [1.29, 1.82) is 0 Å². The first-order valence-electron chi connectivity index (χ1n) is 9.35. The Morgan fingerprint density at radius 2 is 1.71 bits per heavy atom. The van der Waals surface area contributed by atoms with Gasteiger partial charge in [0.1, 0.15) is 0 Å². The molecule has 1 heterocycles. The topological polar surface area (TPSA) is 3.24 Å².